The largest absolute Gasteiger partial charge is 0.460 e. The van der Waals surface area contributed by atoms with Crippen LogP contribution in [0.4, 0.5) is 4.79 Å². The summed E-state index contributed by atoms with van der Waals surface area (Å²) in [6.07, 6.45) is 1.93. The molecule has 0 bridgehead atoms. The van der Waals surface area contributed by atoms with Crippen LogP contribution in [0.25, 0.3) is 0 Å². The van der Waals surface area contributed by atoms with Crippen LogP contribution >= 0.6 is 0 Å². The van der Waals surface area contributed by atoms with E-state index in [4.69, 9.17) is 9.47 Å². The number of hydrogen-bond acceptors (Lipinski definition) is 4. The van der Waals surface area contributed by atoms with E-state index in [0.717, 1.165) is 24.0 Å². The summed E-state index contributed by atoms with van der Waals surface area (Å²) >= 11 is 0. The van der Waals surface area contributed by atoms with Crippen LogP contribution in [0.5, 0.6) is 0 Å². The number of nitrogens with zero attached hydrogens (tertiary/aromatic N) is 1. The molecule has 0 radical (unpaired) electrons. The summed E-state index contributed by atoms with van der Waals surface area (Å²) in [6, 6.07) is 7.33. The number of urea groups is 1. The maximum atomic E-state index is 12.7. The van der Waals surface area contributed by atoms with E-state index in [1.807, 2.05) is 38.1 Å². The number of hydrogen-bond donors (Lipinski definition) is 1. The molecule has 134 valence electrons. The maximum absolute atomic E-state index is 12.7. The van der Waals surface area contributed by atoms with Crippen molar-refractivity contribution in [3.05, 3.63) is 46.7 Å². The second-order valence-electron chi connectivity index (χ2n) is 6.52. The first kappa shape index (κ1) is 17.5. The summed E-state index contributed by atoms with van der Waals surface area (Å²) in [5.74, 6) is -0.411. The van der Waals surface area contributed by atoms with Gasteiger partial charge in [-0.05, 0) is 32.3 Å². The molecule has 1 saturated carbocycles. The topological polar surface area (TPSA) is 67.9 Å². The van der Waals surface area contributed by atoms with E-state index in [2.05, 4.69) is 5.32 Å². The molecule has 3 rings (SSSR count). The lowest BCUT2D eigenvalue weighted by Crippen LogP contribution is -2.49. The molecule has 25 heavy (non-hydrogen) atoms. The van der Waals surface area contributed by atoms with Gasteiger partial charge in [0.15, 0.2) is 0 Å². The number of amides is 2. The number of aryl methyl sites for hydroxylation is 1. The predicted molar refractivity (Wildman–Crippen MR) is 92.8 cm³/mol. The van der Waals surface area contributed by atoms with Crippen molar-refractivity contribution in [3.63, 3.8) is 0 Å². The van der Waals surface area contributed by atoms with Crippen molar-refractivity contribution >= 4 is 12.0 Å². The first-order chi connectivity index (χ1) is 12.0. The van der Waals surface area contributed by atoms with Crippen molar-refractivity contribution in [2.75, 3.05) is 20.3 Å². The third-order valence-corrected chi connectivity index (χ3v) is 4.59. The highest BCUT2D eigenvalue weighted by Gasteiger charge is 2.42. The van der Waals surface area contributed by atoms with E-state index in [-0.39, 0.29) is 18.7 Å². The van der Waals surface area contributed by atoms with Gasteiger partial charge in [0.2, 0.25) is 0 Å². The van der Waals surface area contributed by atoms with Crippen molar-refractivity contribution in [3.8, 4) is 0 Å². The summed E-state index contributed by atoms with van der Waals surface area (Å²) in [4.78, 5) is 27.0. The first-order valence-corrected chi connectivity index (χ1v) is 8.56. The highest BCUT2D eigenvalue weighted by Crippen LogP contribution is 2.37. The fourth-order valence-corrected chi connectivity index (χ4v) is 3.10. The number of methoxy groups -OCH3 is 1. The van der Waals surface area contributed by atoms with Crippen LogP contribution in [0.3, 0.4) is 0 Å². The zero-order valence-corrected chi connectivity index (χ0v) is 14.9. The van der Waals surface area contributed by atoms with Crippen LogP contribution < -0.4 is 5.32 Å². The number of carbonyl (C=O) groups is 2. The van der Waals surface area contributed by atoms with E-state index < -0.39 is 12.0 Å². The number of benzene rings is 1. The lowest BCUT2D eigenvalue weighted by Gasteiger charge is -2.35. The van der Waals surface area contributed by atoms with Gasteiger partial charge in [0.05, 0.1) is 18.2 Å². The van der Waals surface area contributed by atoms with E-state index in [0.29, 0.717) is 17.9 Å². The Hall–Kier alpha value is -2.34. The number of nitrogens with one attached hydrogen (secondary N) is 1. The molecule has 1 aliphatic carbocycles. The quantitative estimate of drug-likeness (QED) is 0.636. The average molecular weight is 344 g/mol. The summed E-state index contributed by atoms with van der Waals surface area (Å²) in [5.41, 5.74) is 3.16. The lowest BCUT2D eigenvalue weighted by molar-refractivity contribution is -0.140. The summed E-state index contributed by atoms with van der Waals surface area (Å²) in [6.45, 7) is 4.35. The molecule has 1 N–H and O–H groups in total. The van der Waals surface area contributed by atoms with Gasteiger partial charge in [-0.15, -0.1) is 0 Å². The second kappa shape index (κ2) is 7.27. The highest BCUT2D eigenvalue weighted by molar-refractivity contribution is 5.95. The SMILES string of the molecule is COCCOC(=O)C1=C(C)N(C2CC2)C(=O)NC1c1ccc(C)cc1. The van der Waals surface area contributed by atoms with Crippen LogP contribution in [0.1, 0.15) is 36.9 Å². The third-order valence-electron chi connectivity index (χ3n) is 4.59. The fourth-order valence-electron chi connectivity index (χ4n) is 3.10. The second-order valence-corrected chi connectivity index (χ2v) is 6.52. The smallest absolute Gasteiger partial charge is 0.338 e. The minimum atomic E-state index is -0.502. The van der Waals surface area contributed by atoms with Crippen LogP contribution in [-0.2, 0) is 14.3 Å². The van der Waals surface area contributed by atoms with Gasteiger partial charge in [-0.1, -0.05) is 29.8 Å². The highest BCUT2D eigenvalue weighted by atomic mass is 16.6. The minimum Gasteiger partial charge on any atom is -0.460 e. The predicted octanol–water partition coefficient (Wildman–Crippen LogP) is 2.69. The Balaban J connectivity index is 1.95. The molecule has 1 atom stereocenters. The lowest BCUT2D eigenvalue weighted by atomic mass is 9.94. The molecule has 1 aromatic rings. The van der Waals surface area contributed by atoms with E-state index >= 15 is 0 Å². The molecular formula is C19H24N2O4. The number of rotatable bonds is 6. The van der Waals surface area contributed by atoms with Gasteiger partial charge in [0, 0.05) is 18.8 Å². The Morgan fingerprint density at radius 3 is 2.48 bits per heavy atom. The maximum Gasteiger partial charge on any atom is 0.338 e. The van der Waals surface area contributed by atoms with Crippen LogP contribution in [0.15, 0.2) is 35.5 Å². The molecule has 6 nitrogen and oxygen atoms in total. The minimum absolute atomic E-state index is 0.154. The van der Waals surface area contributed by atoms with E-state index in [1.165, 1.54) is 0 Å². The van der Waals surface area contributed by atoms with Gasteiger partial charge >= 0.3 is 12.0 Å². The Bertz CT molecular complexity index is 692. The van der Waals surface area contributed by atoms with Crippen LogP contribution in [0.2, 0.25) is 0 Å². The first-order valence-electron chi connectivity index (χ1n) is 8.56. The van der Waals surface area contributed by atoms with Gasteiger partial charge in [-0.25, -0.2) is 9.59 Å². The zero-order valence-electron chi connectivity index (χ0n) is 14.9. The normalized spacial score (nSPS) is 20.5. The van der Waals surface area contributed by atoms with Gasteiger partial charge in [0.25, 0.3) is 0 Å². The molecular weight excluding hydrogens is 320 g/mol. The molecule has 2 aliphatic rings. The van der Waals surface area contributed by atoms with Crippen molar-refractivity contribution < 1.29 is 19.1 Å². The molecule has 0 aromatic heterocycles. The van der Waals surface area contributed by atoms with Crippen molar-refractivity contribution in [1.29, 1.82) is 0 Å². The van der Waals surface area contributed by atoms with Crippen molar-refractivity contribution in [2.24, 2.45) is 0 Å². The van der Waals surface area contributed by atoms with Gasteiger partial charge in [-0.3, -0.25) is 4.90 Å². The number of carbonyl (C=O) groups excluding carboxylic acids is 2. The Labute approximate surface area is 147 Å². The summed E-state index contributed by atoms with van der Waals surface area (Å²) in [7, 11) is 1.56. The zero-order chi connectivity index (χ0) is 18.0. The summed E-state index contributed by atoms with van der Waals surface area (Å²) < 4.78 is 10.3. The van der Waals surface area contributed by atoms with Crippen LogP contribution in [0, 0.1) is 6.92 Å². The monoisotopic (exact) mass is 344 g/mol. The van der Waals surface area contributed by atoms with Gasteiger partial charge in [-0.2, -0.15) is 0 Å². The third kappa shape index (κ3) is 3.69. The Morgan fingerprint density at radius 2 is 1.88 bits per heavy atom. The molecule has 1 aromatic carbocycles. The molecule has 1 heterocycles. The number of ether oxygens (including phenoxy) is 2. The molecule has 1 aliphatic heterocycles. The van der Waals surface area contributed by atoms with Gasteiger partial charge < -0.3 is 14.8 Å². The standard InChI is InChI=1S/C19H24N2O4/c1-12-4-6-14(7-5-12)17-16(18(22)25-11-10-24-3)13(2)21(15-8-9-15)19(23)20-17/h4-7,15,17H,8-11H2,1-3H3,(H,20,23). The molecule has 0 saturated heterocycles. The fraction of sp³-hybridized carbons (Fsp3) is 0.474. The summed E-state index contributed by atoms with van der Waals surface area (Å²) in [5, 5.41) is 2.97. The van der Waals surface area contributed by atoms with Crippen molar-refractivity contribution in [2.45, 2.75) is 38.8 Å². The van der Waals surface area contributed by atoms with Gasteiger partial charge in [0.1, 0.15) is 6.61 Å². The van der Waals surface area contributed by atoms with E-state index in [9.17, 15) is 9.59 Å². The Kier molecular flexibility index (Phi) is 5.08. The molecule has 1 fully saturated rings. The molecule has 1 unspecified atom stereocenters. The molecule has 6 heteroatoms. The number of esters is 1. The number of allylic oxidation sites excluding steroid dienone is 1. The Morgan fingerprint density at radius 1 is 1.20 bits per heavy atom. The molecule has 2 amide bonds. The van der Waals surface area contributed by atoms with E-state index in [1.54, 1.807) is 12.0 Å². The van der Waals surface area contributed by atoms with Crippen molar-refractivity contribution in [1.82, 2.24) is 10.2 Å². The average Bonchev–Trinajstić information content (AvgIpc) is 3.40. The molecule has 0 spiro atoms. The van der Waals surface area contributed by atoms with Crippen LogP contribution in [-0.4, -0.2) is 43.3 Å².